The van der Waals surface area contributed by atoms with Crippen molar-refractivity contribution < 1.29 is 53.5 Å². The van der Waals surface area contributed by atoms with Gasteiger partial charge in [0.25, 0.3) is 7.82 Å². The first-order valence-electron chi connectivity index (χ1n) is 8.77. The summed E-state index contributed by atoms with van der Waals surface area (Å²) in [4.78, 5) is 19.7. The van der Waals surface area contributed by atoms with Crippen molar-refractivity contribution in [1.29, 1.82) is 0 Å². The number of nitrogens with zero attached hydrogens (tertiary/aromatic N) is 1. The average Bonchev–Trinajstić information content (AvgIpc) is 2.44. The standard InChI is InChI=1S/C14H31NO.C2H7O4P.Na/c1-15(2)13-11-9-7-5-3-4-6-8-10-12-14-16;1-2-6-7(3,4)5;/h16H,3-14H2,1-2H3;2H2,1H3,(H2,3,4,5);/q;;+1/p-1. The van der Waals surface area contributed by atoms with Gasteiger partial charge >= 0.3 is 29.6 Å². The van der Waals surface area contributed by atoms with Crippen LogP contribution in [0.3, 0.4) is 0 Å². The molecule has 0 radical (unpaired) electrons. The van der Waals surface area contributed by atoms with E-state index in [0.29, 0.717) is 6.61 Å². The van der Waals surface area contributed by atoms with Gasteiger partial charge in [0.15, 0.2) is 0 Å². The summed E-state index contributed by atoms with van der Waals surface area (Å²) in [5, 5.41) is 8.62. The second kappa shape index (κ2) is 22.1. The Labute approximate surface area is 170 Å². The van der Waals surface area contributed by atoms with Gasteiger partial charge in [-0.25, -0.2) is 0 Å². The number of phosphoric acid groups is 1. The third-order valence-electron chi connectivity index (χ3n) is 3.31. The van der Waals surface area contributed by atoms with Gasteiger partial charge in [0.2, 0.25) is 0 Å². The number of aliphatic hydroxyl groups excluding tert-OH is 1. The molecule has 24 heavy (non-hydrogen) atoms. The SMILES string of the molecule is CCOP(=O)([O-])O.CN(C)CCCCCCCCCCCCO.[Na+]. The predicted molar refractivity (Wildman–Crippen MR) is 93.3 cm³/mol. The van der Waals surface area contributed by atoms with Crippen LogP contribution in [0.2, 0.25) is 0 Å². The van der Waals surface area contributed by atoms with Crippen LogP contribution in [0.25, 0.3) is 0 Å². The fraction of sp³-hybridized carbons (Fsp3) is 1.00. The maximum Gasteiger partial charge on any atom is 1.00 e. The number of phosphoric ester groups is 1. The van der Waals surface area contributed by atoms with Gasteiger partial charge in [-0.1, -0.05) is 51.4 Å². The molecule has 0 bridgehead atoms. The van der Waals surface area contributed by atoms with E-state index in [1.54, 1.807) is 0 Å². The second-order valence-electron chi connectivity index (χ2n) is 5.95. The van der Waals surface area contributed by atoms with E-state index in [0.717, 1.165) is 6.42 Å². The maximum absolute atomic E-state index is 9.59. The van der Waals surface area contributed by atoms with Gasteiger partial charge in [0.05, 0.1) is 6.61 Å². The van der Waals surface area contributed by atoms with Gasteiger partial charge in [-0.15, -0.1) is 0 Å². The molecule has 0 heterocycles. The Morgan fingerprint density at radius 2 is 1.29 bits per heavy atom. The van der Waals surface area contributed by atoms with Crippen molar-refractivity contribution in [2.75, 3.05) is 33.9 Å². The second-order valence-corrected chi connectivity index (χ2v) is 7.14. The van der Waals surface area contributed by atoms with Gasteiger partial charge in [0, 0.05) is 6.61 Å². The van der Waals surface area contributed by atoms with Gasteiger partial charge in [-0.2, -0.15) is 0 Å². The molecule has 1 atom stereocenters. The maximum atomic E-state index is 9.59. The van der Waals surface area contributed by atoms with Crippen LogP contribution in [0.4, 0.5) is 0 Å². The number of aliphatic hydroxyl groups is 1. The van der Waals surface area contributed by atoms with Crippen LogP contribution in [0.15, 0.2) is 0 Å². The quantitative estimate of drug-likeness (QED) is 0.250. The molecule has 2 N–H and O–H groups in total. The molecule has 0 saturated carbocycles. The van der Waals surface area contributed by atoms with E-state index in [4.69, 9.17) is 10.00 Å². The molecule has 0 amide bonds. The minimum absolute atomic E-state index is 0. The molecular weight excluding hydrogens is 340 g/mol. The van der Waals surface area contributed by atoms with E-state index in [2.05, 4.69) is 23.5 Å². The van der Waals surface area contributed by atoms with Crippen molar-refractivity contribution in [3.05, 3.63) is 0 Å². The monoisotopic (exact) mass is 377 g/mol. The van der Waals surface area contributed by atoms with Crippen LogP contribution in [0.5, 0.6) is 0 Å². The summed E-state index contributed by atoms with van der Waals surface area (Å²) in [7, 11) is -0.125. The number of hydrogen-bond donors (Lipinski definition) is 2. The molecule has 1 unspecified atom stereocenters. The van der Waals surface area contributed by atoms with Crippen molar-refractivity contribution in [3.63, 3.8) is 0 Å². The fourth-order valence-corrected chi connectivity index (χ4v) is 2.44. The molecule has 0 rings (SSSR count). The Balaban J connectivity index is -0.000000468. The van der Waals surface area contributed by atoms with Crippen LogP contribution < -0.4 is 34.5 Å². The average molecular weight is 377 g/mol. The summed E-state index contributed by atoms with van der Waals surface area (Å²) in [6.45, 7) is 3.06. The Hall–Kier alpha value is 1.03. The Morgan fingerprint density at radius 1 is 0.917 bits per heavy atom. The third kappa shape index (κ3) is 34.4. The predicted octanol–water partition coefficient (Wildman–Crippen LogP) is -0.0711. The van der Waals surface area contributed by atoms with E-state index < -0.39 is 7.82 Å². The van der Waals surface area contributed by atoms with Crippen molar-refractivity contribution in [2.45, 2.75) is 71.1 Å². The fourth-order valence-electron chi connectivity index (χ4n) is 2.12. The molecule has 0 saturated heterocycles. The van der Waals surface area contributed by atoms with Crippen LogP contribution in [-0.2, 0) is 9.09 Å². The molecule has 6 nitrogen and oxygen atoms in total. The Bertz CT molecular complexity index is 277. The number of rotatable bonds is 14. The largest absolute Gasteiger partial charge is 1.00 e. The molecule has 0 aromatic heterocycles. The molecule has 8 heteroatoms. The Kier molecular flexibility index (Phi) is 27.4. The van der Waals surface area contributed by atoms with Crippen LogP contribution in [0, 0.1) is 0 Å². The van der Waals surface area contributed by atoms with Crippen LogP contribution >= 0.6 is 7.82 Å². The summed E-state index contributed by atoms with van der Waals surface area (Å²) in [6, 6.07) is 0. The number of hydrogen-bond acceptors (Lipinski definition) is 5. The van der Waals surface area contributed by atoms with E-state index in [9.17, 15) is 9.46 Å². The van der Waals surface area contributed by atoms with Crippen molar-refractivity contribution in [2.24, 2.45) is 0 Å². The molecule has 0 spiro atoms. The normalized spacial score (nSPS) is 13.0. The first-order valence-corrected chi connectivity index (χ1v) is 10.3. The zero-order valence-corrected chi connectivity index (χ0v) is 19.1. The molecule has 142 valence electrons. The van der Waals surface area contributed by atoms with E-state index in [1.165, 1.54) is 71.3 Å². The third-order valence-corrected chi connectivity index (χ3v) is 3.89. The molecule has 0 aromatic rings. The molecular formula is C16H37NNaO5P. The smallest absolute Gasteiger partial charge is 0.756 e. The van der Waals surface area contributed by atoms with Gasteiger partial charge in [0.1, 0.15) is 0 Å². The molecule has 0 aliphatic carbocycles. The molecule has 0 fully saturated rings. The van der Waals surface area contributed by atoms with E-state index in [1.807, 2.05) is 0 Å². The van der Waals surface area contributed by atoms with Crippen LogP contribution in [0.1, 0.15) is 71.1 Å². The van der Waals surface area contributed by atoms with Gasteiger partial charge in [-0.3, -0.25) is 4.57 Å². The zero-order valence-electron chi connectivity index (χ0n) is 16.2. The van der Waals surface area contributed by atoms with E-state index in [-0.39, 0.29) is 36.2 Å². The Morgan fingerprint density at radius 3 is 1.54 bits per heavy atom. The van der Waals surface area contributed by atoms with Crippen molar-refractivity contribution >= 4 is 7.82 Å². The summed E-state index contributed by atoms with van der Waals surface area (Å²) in [5.41, 5.74) is 0. The van der Waals surface area contributed by atoms with E-state index >= 15 is 0 Å². The summed E-state index contributed by atoms with van der Waals surface area (Å²) >= 11 is 0. The van der Waals surface area contributed by atoms with Gasteiger partial charge in [-0.05, 0) is 40.4 Å². The zero-order chi connectivity index (χ0) is 18.0. The number of unbranched alkanes of at least 4 members (excludes halogenated alkanes) is 9. The topological polar surface area (TPSA) is 93.1 Å². The molecule has 0 aromatic carbocycles. The molecule has 0 aliphatic rings. The van der Waals surface area contributed by atoms with Gasteiger partial charge < -0.3 is 24.3 Å². The van der Waals surface area contributed by atoms with Crippen LogP contribution in [-0.4, -0.2) is 48.8 Å². The summed E-state index contributed by atoms with van der Waals surface area (Å²) in [6.07, 6.45) is 13.2. The minimum Gasteiger partial charge on any atom is -0.756 e. The summed E-state index contributed by atoms with van der Waals surface area (Å²) in [5.74, 6) is 0. The first-order chi connectivity index (χ1) is 10.8. The van der Waals surface area contributed by atoms with Crippen molar-refractivity contribution in [1.82, 2.24) is 4.90 Å². The summed E-state index contributed by atoms with van der Waals surface area (Å²) < 4.78 is 13.4. The van der Waals surface area contributed by atoms with Crippen molar-refractivity contribution in [3.8, 4) is 0 Å². The molecule has 0 aliphatic heterocycles. The first kappa shape index (κ1) is 29.8. The minimum atomic E-state index is -4.42.